The number of rotatable bonds is 3. The summed E-state index contributed by atoms with van der Waals surface area (Å²) < 4.78 is 0. The van der Waals surface area contributed by atoms with E-state index >= 15 is 0 Å². The average Bonchev–Trinajstić information content (AvgIpc) is 2.44. The normalized spacial score (nSPS) is 10.8. The van der Waals surface area contributed by atoms with Gasteiger partial charge in [-0.2, -0.15) is 0 Å². The van der Waals surface area contributed by atoms with E-state index < -0.39 is 0 Å². The van der Waals surface area contributed by atoms with E-state index in [1.807, 2.05) is 37.3 Å². The maximum absolute atomic E-state index is 6.02. The largest absolute Gasteiger partial charge is 0.379 e. The average molecular weight is 317 g/mol. The van der Waals surface area contributed by atoms with Gasteiger partial charge >= 0.3 is 0 Å². The molecular formula is C17H14Cl2N2. The van der Waals surface area contributed by atoms with E-state index in [-0.39, 0.29) is 0 Å². The van der Waals surface area contributed by atoms with Crippen molar-refractivity contribution in [3.8, 4) is 0 Å². The molecule has 0 saturated carbocycles. The van der Waals surface area contributed by atoms with Crippen molar-refractivity contribution in [3.63, 3.8) is 0 Å². The molecule has 0 radical (unpaired) electrons. The molecule has 0 bridgehead atoms. The Morgan fingerprint density at radius 3 is 2.52 bits per heavy atom. The molecule has 1 N–H and O–H groups in total. The van der Waals surface area contributed by atoms with Crippen LogP contribution in [0.2, 0.25) is 10.0 Å². The Kier molecular flexibility index (Phi) is 4.00. The first kappa shape index (κ1) is 14.2. The minimum atomic E-state index is 0.645. The van der Waals surface area contributed by atoms with Gasteiger partial charge in [-0.1, -0.05) is 41.4 Å². The summed E-state index contributed by atoms with van der Waals surface area (Å²) in [5.74, 6) is 0. The topological polar surface area (TPSA) is 24.9 Å². The van der Waals surface area contributed by atoms with Crippen molar-refractivity contribution in [1.29, 1.82) is 0 Å². The fourth-order valence-electron chi connectivity index (χ4n) is 2.30. The van der Waals surface area contributed by atoms with E-state index in [9.17, 15) is 0 Å². The van der Waals surface area contributed by atoms with Crippen LogP contribution < -0.4 is 5.32 Å². The number of aromatic nitrogens is 1. The summed E-state index contributed by atoms with van der Waals surface area (Å²) in [6.45, 7) is 2.64. The highest BCUT2D eigenvalue weighted by atomic mass is 35.5. The number of fused-ring (bicyclic) bond motifs is 1. The van der Waals surface area contributed by atoms with Gasteiger partial charge in [0, 0.05) is 27.7 Å². The van der Waals surface area contributed by atoms with Gasteiger partial charge in [0.15, 0.2) is 0 Å². The van der Waals surface area contributed by atoms with Crippen molar-refractivity contribution >= 4 is 39.8 Å². The first-order valence-corrected chi connectivity index (χ1v) is 7.42. The van der Waals surface area contributed by atoms with E-state index in [1.54, 1.807) is 6.07 Å². The van der Waals surface area contributed by atoms with Gasteiger partial charge in [-0.3, -0.25) is 4.98 Å². The Bertz CT molecular complexity index is 780. The Morgan fingerprint density at radius 2 is 1.76 bits per heavy atom. The number of nitrogens with one attached hydrogen (secondary N) is 1. The molecule has 0 fully saturated rings. The summed E-state index contributed by atoms with van der Waals surface area (Å²) in [7, 11) is 0. The van der Waals surface area contributed by atoms with E-state index in [0.717, 1.165) is 27.8 Å². The lowest BCUT2D eigenvalue weighted by atomic mass is 10.1. The third kappa shape index (κ3) is 3.29. The molecule has 0 aliphatic carbocycles. The van der Waals surface area contributed by atoms with Crippen LogP contribution >= 0.6 is 23.2 Å². The highest BCUT2D eigenvalue weighted by molar-refractivity contribution is 6.34. The van der Waals surface area contributed by atoms with Gasteiger partial charge < -0.3 is 5.32 Å². The molecule has 1 heterocycles. The molecule has 3 aromatic rings. The molecular weight excluding hydrogens is 303 g/mol. The molecule has 0 aliphatic heterocycles. The van der Waals surface area contributed by atoms with Crippen LogP contribution in [0.3, 0.4) is 0 Å². The van der Waals surface area contributed by atoms with Gasteiger partial charge in [-0.25, -0.2) is 0 Å². The highest BCUT2D eigenvalue weighted by Crippen LogP contribution is 2.24. The van der Waals surface area contributed by atoms with Crippen molar-refractivity contribution in [2.24, 2.45) is 0 Å². The van der Waals surface area contributed by atoms with Crippen molar-refractivity contribution in [3.05, 3.63) is 69.8 Å². The summed E-state index contributed by atoms with van der Waals surface area (Å²) in [4.78, 5) is 4.61. The van der Waals surface area contributed by atoms with Gasteiger partial charge in [-0.15, -0.1) is 0 Å². The molecule has 21 heavy (non-hydrogen) atoms. The Balaban J connectivity index is 1.89. The monoisotopic (exact) mass is 316 g/mol. The van der Waals surface area contributed by atoms with Crippen molar-refractivity contribution < 1.29 is 0 Å². The lowest BCUT2D eigenvalue weighted by Crippen LogP contribution is -2.01. The van der Waals surface area contributed by atoms with Crippen LogP contribution in [0.25, 0.3) is 10.9 Å². The minimum Gasteiger partial charge on any atom is -0.379 e. The molecule has 0 amide bonds. The molecule has 1 aromatic heterocycles. The standard InChI is InChI=1S/C17H14Cl2N2/c1-11-5-6-13-3-2-4-16(17(13)21-11)20-10-12-7-14(18)9-15(19)8-12/h2-9,20H,10H2,1H3. The molecule has 0 spiro atoms. The summed E-state index contributed by atoms with van der Waals surface area (Å²) in [5, 5.41) is 5.82. The number of halogens is 2. The minimum absolute atomic E-state index is 0.645. The van der Waals surface area contributed by atoms with Gasteiger partial charge in [0.05, 0.1) is 11.2 Å². The van der Waals surface area contributed by atoms with E-state index in [0.29, 0.717) is 16.6 Å². The van der Waals surface area contributed by atoms with Gasteiger partial charge in [0.25, 0.3) is 0 Å². The fraction of sp³-hybridized carbons (Fsp3) is 0.118. The summed E-state index contributed by atoms with van der Waals surface area (Å²) in [5.41, 5.74) is 4.03. The van der Waals surface area contributed by atoms with E-state index in [2.05, 4.69) is 22.4 Å². The predicted octanol–water partition coefficient (Wildman–Crippen LogP) is 5.46. The van der Waals surface area contributed by atoms with Crippen LogP contribution in [-0.4, -0.2) is 4.98 Å². The SMILES string of the molecule is Cc1ccc2cccc(NCc3cc(Cl)cc(Cl)c3)c2n1. The third-order valence-electron chi connectivity index (χ3n) is 3.26. The number of benzene rings is 2. The number of pyridine rings is 1. The number of hydrogen-bond donors (Lipinski definition) is 1. The van der Waals surface area contributed by atoms with Gasteiger partial charge in [0.2, 0.25) is 0 Å². The third-order valence-corrected chi connectivity index (χ3v) is 3.70. The first-order valence-electron chi connectivity index (χ1n) is 6.67. The molecule has 0 atom stereocenters. The second-order valence-electron chi connectivity index (χ2n) is 4.96. The van der Waals surface area contributed by atoms with Crippen LogP contribution in [-0.2, 0) is 6.54 Å². The molecule has 4 heteroatoms. The van der Waals surface area contributed by atoms with Crippen molar-refractivity contribution in [2.75, 3.05) is 5.32 Å². The first-order chi connectivity index (χ1) is 10.1. The Morgan fingerprint density at radius 1 is 1.00 bits per heavy atom. The number of aryl methyl sites for hydroxylation is 1. The van der Waals surface area contributed by atoms with Crippen LogP contribution in [0.15, 0.2) is 48.5 Å². The lowest BCUT2D eigenvalue weighted by Gasteiger charge is -2.10. The molecule has 2 aromatic carbocycles. The Labute approximate surface area is 133 Å². The van der Waals surface area contributed by atoms with Crippen LogP contribution in [0.1, 0.15) is 11.3 Å². The molecule has 2 nitrogen and oxygen atoms in total. The molecule has 0 unspecified atom stereocenters. The second-order valence-corrected chi connectivity index (χ2v) is 5.83. The fourth-order valence-corrected chi connectivity index (χ4v) is 2.87. The number of anilines is 1. The zero-order valence-electron chi connectivity index (χ0n) is 11.5. The zero-order chi connectivity index (χ0) is 14.8. The maximum atomic E-state index is 6.02. The quantitative estimate of drug-likeness (QED) is 0.693. The predicted molar refractivity (Wildman–Crippen MR) is 90.3 cm³/mol. The van der Waals surface area contributed by atoms with E-state index in [1.165, 1.54) is 0 Å². The van der Waals surface area contributed by atoms with Crippen molar-refractivity contribution in [1.82, 2.24) is 4.98 Å². The van der Waals surface area contributed by atoms with E-state index in [4.69, 9.17) is 23.2 Å². The zero-order valence-corrected chi connectivity index (χ0v) is 13.0. The van der Waals surface area contributed by atoms with Crippen LogP contribution in [0.5, 0.6) is 0 Å². The smallest absolute Gasteiger partial charge is 0.0936 e. The summed E-state index contributed by atoms with van der Waals surface area (Å²) in [6.07, 6.45) is 0. The molecule has 106 valence electrons. The maximum Gasteiger partial charge on any atom is 0.0936 e. The molecule has 3 rings (SSSR count). The summed E-state index contributed by atoms with van der Waals surface area (Å²) in [6, 6.07) is 15.8. The highest BCUT2D eigenvalue weighted by Gasteiger charge is 2.04. The molecule has 0 saturated heterocycles. The number of hydrogen-bond acceptors (Lipinski definition) is 2. The number of para-hydroxylation sites is 1. The number of nitrogens with zero attached hydrogens (tertiary/aromatic N) is 1. The van der Waals surface area contributed by atoms with Gasteiger partial charge in [0.1, 0.15) is 0 Å². The summed E-state index contributed by atoms with van der Waals surface area (Å²) >= 11 is 12.0. The molecule has 0 aliphatic rings. The van der Waals surface area contributed by atoms with Crippen LogP contribution in [0, 0.1) is 6.92 Å². The second kappa shape index (κ2) is 5.92. The van der Waals surface area contributed by atoms with Crippen molar-refractivity contribution in [2.45, 2.75) is 13.5 Å². The lowest BCUT2D eigenvalue weighted by molar-refractivity contribution is 1.15. The van der Waals surface area contributed by atoms with Gasteiger partial charge in [-0.05, 0) is 42.8 Å². The van der Waals surface area contributed by atoms with Crippen LogP contribution in [0.4, 0.5) is 5.69 Å². The Hall–Kier alpha value is -1.77.